The number of aliphatic hydroxyl groups excluding tert-OH is 1. The van der Waals surface area contributed by atoms with E-state index in [0.29, 0.717) is 30.5 Å². The molecule has 3 heterocycles. The highest BCUT2D eigenvalue weighted by molar-refractivity contribution is 5.92. The number of aliphatic hydroxyl groups is 1. The van der Waals surface area contributed by atoms with Crippen LogP contribution in [0.1, 0.15) is 47.7 Å². The zero-order valence-corrected chi connectivity index (χ0v) is 15.4. The molecule has 1 N–H and O–H groups in total. The summed E-state index contributed by atoms with van der Waals surface area (Å²) in [6.07, 6.45) is 5.17. The molecular weight excluding hydrogens is 316 g/mol. The van der Waals surface area contributed by atoms with E-state index in [1.165, 1.54) is 25.7 Å². The monoisotopic (exact) mass is 346 g/mol. The lowest BCUT2D eigenvalue weighted by atomic mass is 9.96. The molecule has 0 spiro atoms. The quantitative estimate of drug-likeness (QED) is 0.898. The highest BCUT2D eigenvalue weighted by Gasteiger charge is 2.36. The van der Waals surface area contributed by atoms with Gasteiger partial charge in [-0.3, -0.25) is 4.79 Å². The average molecular weight is 346 g/mol. The maximum atomic E-state index is 12.8. The first-order valence-electron chi connectivity index (χ1n) is 9.51. The van der Waals surface area contributed by atoms with Gasteiger partial charge in [0, 0.05) is 37.9 Å². The third-order valence-electron chi connectivity index (χ3n) is 5.47. The highest BCUT2D eigenvalue weighted by atomic mass is 16.3. The van der Waals surface area contributed by atoms with Crippen LogP contribution in [0.5, 0.6) is 0 Å². The predicted octanol–water partition coefficient (Wildman–Crippen LogP) is 1.65. The SMILES string of the molecule is Cc1cc(C(=O)N2C[C@@H](CN3CCCCCC3)[C@@H](CO)C2)nc(C)n1. The van der Waals surface area contributed by atoms with Gasteiger partial charge < -0.3 is 14.9 Å². The first-order valence-corrected chi connectivity index (χ1v) is 9.51. The Morgan fingerprint density at radius 1 is 1.12 bits per heavy atom. The molecule has 1 aromatic rings. The van der Waals surface area contributed by atoms with Crippen LogP contribution in [0, 0.1) is 25.7 Å². The topological polar surface area (TPSA) is 69.6 Å². The van der Waals surface area contributed by atoms with Crippen LogP contribution in [0.3, 0.4) is 0 Å². The number of likely N-dealkylation sites (tertiary alicyclic amines) is 2. The minimum Gasteiger partial charge on any atom is -0.396 e. The van der Waals surface area contributed by atoms with Crippen LogP contribution >= 0.6 is 0 Å². The fourth-order valence-electron chi connectivity index (χ4n) is 4.16. The Labute approximate surface area is 150 Å². The van der Waals surface area contributed by atoms with Crippen LogP contribution in [-0.4, -0.2) is 70.1 Å². The second kappa shape index (κ2) is 8.23. The lowest BCUT2D eigenvalue weighted by Gasteiger charge is -2.26. The smallest absolute Gasteiger partial charge is 0.272 e. The van der Waals surface area contributed by atoms with Crippen molar-refractivity contribution in [3.05, 3.63) is 23.3 Å². The molecule has 0 bridgehead atoms. The van der Waals surface area contributed by atoms with Crippen molar-refractivity contribution in [3.63, 3.8) is 0 Å². The molecule has 25 heavy (non-hydrogen) atoms. The number of aryl methyl sites for hydroxylation is 2. The summed E-state index contributed by atoms with van der Waals surface area (Å²) in [5.74, 6) is 1.10. The van der Waals surface area contributed by atoms with Gasteiger partial charge in [0.1, 0.15) is 11.5 Å². The standard InChI is InChI=1S/C19H30N4O2/c1-14-9-18(21-15(2)20-14)19(25)23-11-16(17(12-23)13-24)10-22-7-5-3-4-6-8-22/h9,16-17,24H,3-8,10-13H2,1-2H3/t16-,17-/m1/s1. The first-order chi connectivity index (χ1) is 12.1. The van der Waals surface area contributed by atoms with Gasteiger partial charge in [0.05, 0.1) is 0 Å². The summed E-state index contributed by atoms with van der Waals surface area (Å²) < 4.78 is 0. The van der Waals surface area contributed by atoms with Gasteiger partial charge in [-0.25, -0.2) is 9.97 Å². The number of hydrogen-bond acceptors (Lipinski definition) is 5. The van der Waals surface area contributed by atoms with Gasteiger partial charge in [0.15, 0.2) is 0 Å². The number of carbonyl (C=O) groups excluding carboxylic acids is 1. The summed E-state index contributed by atoms with van der Waals surface area (Å²) in [4.78, 5) is 25.8. The summed E-state index contributed by atoms with van der Waals surface area (Å²) in [6, 6.07) is 1.76. The lowest BCUT2D eigenvalue weighted by molar-refractivity contribution is 0.0772. The van der Waals surface area contributed by atoms with E-state index in [1.54, 1.807) is 6.07 Å². The van der Waals surface area contributed by atoms with Crippen molar-refractivity contribution >= 4 is 5.91 Å². The zero-order chi connectivity index (χ0) is 17.8. The third kappa shape index (κ3) is 4.55. The average Bonchev–Trinajstić information content (AvgIpc) is 2.80. The molecule has 2 saturated heterocycles. The van der Waals surface area contributed by atoms with Gasteiger partial charge in [-0.05, 0) is 51.8 Å². The number of amides is 1. The second-order valence-electron chi connectivity index (χ2n) is 7.57. The van der Waals surface area contributed by atoms with E-state index in [1.807, 2.05) is 18.7 Å². The summed E-state index contributed by atoms with van der Waals surface area (Å²) in [7, 11) is 0. The van der Waals surface area contributed by atoms with E-state index in [2.05, 4.69) is 14.9 Å². The van der Waals surface area contributed by atoms with Gasteiger partial charge in [-0.15, -0.1) is 0 Å². The minimum absolute atomic E-state index is 0.0367. The molecule has 138 valence electrons. The Balaban J connectivity index is 1.66. The fourth-order valence-corrected chi connectivity index (χ4v) is 4.16. The Bertz CT molecular complexity index is 579. The molecule has 1 aromatic heterocycles. The molecule has 3 rings (SSSR count). The van der Waals surface area contributed by atoms with Crippen molar-refractivity contribution in [2.75, 3.05) is 39.3 Å². The van der Waals surface area contributed by atoms with Gasteiger partial charge >= 0.3 is 0 Å². The maximum Gasteiger partial charge on any atom is 0.272 e. The molecule has 0 saturated carbocycles. The third-order valence-corrected chi connectivity index (χ3v) is 5.47. The number of carbonyl (C=O) groups is 1. The van der Waals surface area contributed by atoms with E-state index in [9.17, 15) is 9.90 Å². The van der Waals surface area contributed by atoms with Crippen molar-refractivity contribution in [3.8, 4) is 0 Å². The molecule has 0 unspecified atom stereocenters. The summed E-state index contributed by atoms with van der Waals surface area (Å²) >= 11 is 0. The largest absolute Gasteiger partial charge is 0.396 e. The van der Waals surface area contributed by atoms with Crippen LogP contribution in [0.2, 0.25) is 0 Å². The number of nitrogens with zero attached hydrogens (tertiary/aromatic N) is 4. The van der Waals surface area contributed by atoms with Crippen molar-refractivity contribution in [1.82, 2.24) is 19.8 Å². The van der Waals surface area contributed by atoms with Gasteiger partial charge in [-0.2, -0.15) is 0 Å². The van der Waals surface area contributed by atoms with Crippen molar-refractivity contribution in [2.24, 2.45) is 11.8 Å². The van der Waals surface area contributed by atoms with Crippen molar-refractivity contribution in [2.45, 2.75) is 39.5 Å². The van der Waals surface area contributed by atoms with E-state index < -0.39 is 0 Å². The number of hydrogen-bond donors (Lipinski definition) is 1. The molecule has 0 radical (unpaired) electrons. The Hall–Kier alpha value is -1.53. The molecule has 1 amide bonds. The van der Waals surface area contributed by atoms with Gasteiger partial charge in [0.25, 0.3) is 5.91 Å². The molecule has 0 aliphatic carbocycles. The Kier molecular flexibility index (Phi) is 6.02. The van der Waals surface area contributed by atoms with Crippen LogP contribution in [0.15, 0.2) is 6.07 Å². The fraction of sp³-hybridized carbons (Fsp3) is 0.737. The number of aromatic nitrogens is 2. The predicted molar refractivity (Wildman–Crippen MR) is 96.4 cm³/mol. The van der Waals surface area contributed by atoms with E-state index in [4.69, 9.17) is 0 Å². The highest BCUT2D eigenvalue weighted by Crippen LogP contribution is 2.26. The maximum absolute atomic E-state index is 12.8. The van der Waals surface area contributed by atoms with Crippen molar-refractivity contribution < 1.29 is 9.90 Å². The summed E-state index contributed by atoms with van der Waals surface area (Å²) in [6.45, 7) is 8.44. The van der Waals surface area contributed by atoms with Crippen LogP contribution in [-0.2, 0) is 0 Å². The normalized spacial score (nSPS) is 25.2. The summed E-state index contributed by atoms with van der Waals surface area (Å²) in [5, 5.41) is 9.80. The van der Waals surface area contributed by atoms with Crippen LogP contribution < -0.4 is 0 Å². The van der Waals surface area contributed by atoms with E-state index in [0.717, 1.165) is 25.3 Å². The van der Waals surface area contributed by atoms with E-state index >= 15 is 0 Å². The molecule has 2 atom stereocenters. The molecule has 6 nitrogen and oxygen atoms in total. The molecule has 2 aliphatic heterocycles. The first kappa shape index (κ1) is 18.3. The Morgan fingerprint density at radius 3 is 2.44 bits per heavy atom. The van der Waals surface area contributed by atoms with Crippen LogP contribution in [0.25, 0.3) is 0 Å². The Morgan fingerprint density at radius 2 is 1.80 bits per heavy atom. The molecule has 2 aliphatic rings. The summed E-state index contributed by atoms with van der Waals surface area (Å²) in [5.41, 5.74) is 1.28. The van der Waals surface area contributed by atoms with Crippen LogP contribution in [0.4, 0.5) is 0 Å². The second-order valence-corrected chi connectivity index (χ2v) is 7.57. The number of rotatable bonds is 4. The molecular formula is C19H30N4O2. The van der Waals surface area contributed by atoms with Crippen molar-refractivity contribution in [1.29, 1.82) is 0 Å². The molecule has 0 aromatic carbocycles. The molecule has 6 heteroatoms. The molecule has 2 fully saturated rings. The van der Waals surface area contributed by atoms with Gasteiger partial charge in [-0.1, -0.05) is 12.8 Å². The zero-order valence-electron chi connectivity index (χ0n) is 15.4. The van der Waals surface area contributed by atoms with E-state index in [-0.39, 0.29) is 18.4 Å². The van der Waals surface area contributed by atoms with Gasteiger partial charge in [0.2, 0.25) is 0 Å². The lowest BCUT2D eigenvalue weighted by Crippen LogP contribution is -2.35. The minimum atomic E-state index is -0.0367.